The number of rotatable bonds is 9. The molecule has 0 aliphatic heterocycles. The highest BCUT2D eigenvalue weighted by molar-refractivity contribution is 5.63. The number of halogens is 3. The lowest BCUT2D eigenvalue weighted by molar-refractivity contribution is -0.137. The van der Waals surface area contributed by atoms with Crippen LogP contribution in [0.1, 0.15) is 51.2 Å². The SMILES string of the molecule is CCCCCOc1ncc(C(F)(F)F)c(N(C)c2cccc(CC(C)C)c2)n1. The second-order valence-electron chi connectivity index (χ2n) is 7.27. The highest BCUT2D eigenvalue weighted by Gasteiger charge is 2.36. The van der Waals surface area contributed by atoms with E-state index < -0.39 is 11.7 Å². The average molecular weight is 395 g/mol. The number of nitrogens with zero attached hydrogens (tertiary/aromatic N) is 3. The zero-order chi connectivity index (χ0) is 20.7. The molecule has 1 heterocycles. The summed E-state index contributed by atoms with van der Waals surface area (Å²) in [7, 11) is 1.58. The van der Waals surface area contributed by atoms with Crippen molar-refractivity contribution in [3.8, 4) is 6.01 Å². The van der Waals surface area contributed by atoms with E-state index in [-0.39, 0.29) is 11.8 Å². The van der Waals surface area contributed by atoms with Gasteiger partial charge in [0, 0.05) is 18.9 Å². The summed E-state index contributed by atoms with van der Waals surface area (Å²) in [6.45, 7) is 6.65. The first-order valence-electron chi connectivity index (χ1n) is 9.62. The molecule has 2 rings (SSSR count). The lowest BCUT2D eigenvalue weighted by Gasteiger charge is -2.23. The van der Waals surface area contributed by atoms with Crippen LogP contribution in [0.25, 0.3) is 0 Å². The van der Waals surface area contributed by atoms with Gasteiger partial charge in [0.15, 0.2) is 5.82 Å². The molecule has 4 nitrogen and oxygen atoms in total. The van der Waals surface area contributed by atoms with Crippen molar-refractivity contribution in [3.63, 3.8) is 0 Å². The maximum atomic E-state index is 13.5. The maximum Gasteiger partial charge on any atom is 0.421 e. The van der Waals surface area contributed by atoms with E-state index in [1.807, 2.05) is 18.2 Å². The summed E-state index contributed by atoms with van der Waals surface area (Å²) in [5.41, 5.74) is 0.822. The van der Waals surface area contributed by atoms with Gasteiger partial charge in [0.1, 0.15) is 5.56 Å². The predicted molar refractivity (Wildman–Crippen MR) is 105 cm³/mol. The predicted octanol–water partition coefficient (Wildman–Crippen LogP) is 6.03. The summed E-state index contributed by atoms with van der Waals surface area (Å²) in [5.74, 6) is 0.239. The van der Waals surface area contributed by atoms with Crippen LogP contribution in [0.15, 0.2) is 30.5 Å². The van der Waals surface area contributed by atoms with E-state index in [0.29, 0.717) is 18.2 Å². The first-order chi connectivity index (χ1) is 13.2. The number of alkyl halides is 3. The molecule has 0 saturated carbocycles. The Hall–Kier alpha value is -2.31. The first kappa shape index (κ1) is 22.0. The van der Waals surface area contributed by atoms with Crippen LogP contribution in [0.2, 0.25) is 0 Å². The molecular weight excluding hydrogens is 367 g/mol. The van der Waals surface area contributed by atoms with Crippen molar-refractivity contribution in [1.29, 1.82) is 0 Å². The van der Waals surface area contributed by atoms with Gasteiger partial charge in [-0.15, -0.1) is 0 Å². The highest BCUT2D eigenvalue weighted by Crippen LogP contribution is 2.37. The summed E-state index contributed by atoms with van der Waals surface area (Å²) >= 11 is 0. The van der Waals surface area contributed by atoms with Crippen molar-refractivity contribution in [2.24, 2.45) is 5.92 Å². The van der Waals surface area contributed by atoms with Crippen LogP contribution in [0.3, 0.4) is 0 Å². The molecule has 0 spiro atoms. The molecule has 0 N–H and O–H groups in total. The summed E-state index contributed by atoms with van der Waals surface area (Å²) in [6.07, 6.45) is -0.0908. The van der Waals surface area contributed by atoms with Gasteiger partial charge in [-0.05, 0) is 36.5 Å². The smallest absolute Gasteiger partial charge is 0.421 e. The number of hydrogen-bond donors (Lipinski definition) is 0. The molecule has 0 unspecified atom stereocenters. The molecule has 0 aliphatic carbocycles. The number of aromatic nitrogens is 2. The molecule has 0 fully saturated rings. The molecular formula is C21H28F3N3O. The van der Waals surface area contributed by atoms with Crippen molar-refractivity contribution < 1.29 is 17.9 Å². The van der Waals surface area contributed by atoms with E-state index in [9.17, 15) is 13.2 Å². The minimum absolute atomic E-state index is 0.0377. The van der Waals surface area contributed by atoms with Gasteiger partial charge in [-0.1, -0.05) is 45.7 Å². The lowest BCUT2D eigenvalue weighted by atomic mass is 10.0. The Bertz CT molecular complexity index is 763. The monoisotopic (exact) mass is 395 g/mol. The van der Waals surface area contributed by atoms with Crippen LogP contribution in [0.5, 0.6) is 6.01 Å². The Morgan fingerprint density at radius 2 is 1.93 bits per heavy atom. The molecule has 2 aromatic rings. The number of anilines is 2. The lowest BCUT2D eigenvalue weighted by Crippen LogP contribution is -2.19. The second kappa shape index (κ2) is 9.75. The molecule has 0 radical (unpaired) electrons. The Morgan fingerprint density at radius 1 is 1.18 bits per heavy atom. The van der Waals surface area contributed by atoms with Gasteiger partial charge in [0.25, 0.3) is 0 Å². The van der Waals surface area contributed by atoms with Gasteiger partial charge in [0.05, 0.1) is 6.61 Å². The summed E-state index contributed by atoms with van der Waals surface area (Å²) in [6, 6.07) is 7.45. The second-order valence-corrected chi connectivity index (χ2v) is 7.27. The fourth-order valence-corrected chi connectivity index (χ4v) is 2.88. The van der Waals surface area contributed by atoms with E-state index in [4.69, 9.17) is 4.74 Å². The van der Waals surface area contributed by atoms with E-state index >= 15 is 0 Å². The van der Waals surface area contributed by atoms with Gasteiger partial charge < -0.3 is 9.64 Å². The molecule has 1 aromatic heterocycles. The zero-order valence-electron chi connectivity index (χ0n) is 16.9. The minimum atomic E-state index is -4.56. The molecule has 0 amide bonds. The third-order valence-electron chi connectivity index (χ3n) is 4.29. The third kappa shape index (κ3) is 6.11. The molecule has 1 aromatic carbocycles. The molecule has 0 aliphatic rings. The van der Waals surface area contributed by atoms with Crippen LogP contribution in [0.4, 0.5) is 24.7 Å². The van der Waals surface area contributed by atoms with Gasteiger partial charge in [-0.25, -0.2) is 4.98 Å². The Kier molecular flexibility index (Phi) is 7.66. The standard InChI is InChI=1S/C21H28F3N3O/c1-5-6-7-11-28-20-25-14-18(21(22,23)24)19(26-20)27(4)17-10-8-9-16(13-17)12-15(2)3/h8-10,13-15H,5-7,11-12H2,1-4H3. The van der Waals surface area contributed by atoms with Crippen LogP contribution in [-0.2, 0) is 12.6 Å². The molecule has 0 atom stereocenters. The summed E-state index contributed by atoms with van der Waals surface area (Å²) in [5, 5.41) is 0. The fraction of sp³-hybridized carbons (Fsp3) is 0.524. The van der Waals surface area contributed by atoms with Gasteiger partial charge in [0.2, 0.25) is 0 Å². The van der Waals surface area contributed by atoms with E-state index in [1.165, 1.54) is 4.90 Å². The zero-order valence-corrected chi connectivity index (χ0v) is 16.9. The highest BCUT2D eigenvalue weighted by atomic mass is 19.4. The Balaban J connectivity index is 2.34. The minimum Gasteiger partial charge on any atom is -0.463 e. The van der Waals surface area contributed by atoms with Crippen LogP contribution in [0, 0.1) is 5.92 Å². The third-order valence-corrected chi connectivity index (χ3v) is 4.29. The Morgan fingerprint density at radius 3 is 2.57 bits per heavy atom. The number of unbranched alkanes of at least 4 members (excludes halogenated alkanes) is 2. The van der Waals surface area contributed by atoms with Crippen LogP contribution < -0.4 is 9.64 Å². The van der Waals surface area contributed by atoms with Crippen molar-refractivity contribution >= 4 is 11.5 Å². The fourth-order valence-electron chi connectivity index (χ4n) is 2.88. The van der Waals surface area contributed by atoms with Gasteiger partial charge in [-0.3, -0.25) is 0 Å². The summed E-state index contributed by atoms with van der Waals surface area (Å²) < 4.78 is 46.0. The quantitative estimate of drug-likeness (QED) is 0.486. The maximum absolute atomic E-state index is 13.5. The van der Waals surface area contributed by atoms with Gasteiger partial charge >= 0.3 is 12.2 Å². The van der Waals surface area contributed by atoms with Crippen molar-refractivity contribution in [2.75, 3.05) is 18.6 Å². The van der Waals surface area contributed by atoms with E-state index in [0.717, 1.165) is 37.4 Å². The largest absolute Gasteiger partial charge is 0.463 e. The van der Waals surface area contributed by atoms with E-state index in [2.05, 4.69) is 30.7 Å². The van der Waals surface area contributed by atoms with Crippen LogP contribution >= 0.6 is 0 Å². The van der Waals surface area contributed by atoms with Crippen LogP contribution in [-0.4, -0.2) is 23.6 Å². The van der Waals surface area contributed by atoms with Crippen molar-refractivity contribution in [2.45, 2.75) is 52.6 Å². The van der Waals surface area contributed by atoms with Crippen molar-refractivity contribution in [1.82, 2.24) is 9.97 Å². The molecule has 28 heavy (non-hydrogen) atoms. The Labute approximate surface area is 164 Å². The molecule has 7 heteroatoms. The topological polar surface area (TPSA) is 38.2 Å². The van der Waals surface area contributed by atoms with Gasteiger partial charge in [-0.2, -0.15) is 18.2 Å². The first-order valence-corrected chi connectivity index (χ1v) is 9.62. The summed E-state index contributed by atoms with van der Waals surface area (Å²) in [4.78, 5) is 9.27. The number of benzene rings is 1. The average Bonchev–Trinajstić information content (AvgIpc) is 2.63. The molecule has 0 bridgehead atoms. The van der Waals surface area contributed by atoms with Crippen molar-refractivity contribution in [3.05, 3.63) is 41.6 Å². The number of ether oxygens (including phenoxy) is 1. The van der Waals surface area contributed by atoms with E-state index in [1.54, 1.807) is 13.1 Å². The normalized spacial score (nSPS) is 11.7. The molecule has 0 saturated heterocycles. The number of hydrogen-bond acceptors (Lipinski definition) is 4. The molecule has 154 valence electrons.